The fourth-order valence-electron chi connectivity index (χ4n) is 0.479. The van der Waals surface area contributed by atoms with Crippen molar-refractivity contribution in [2.45, 2.75) is 48.5 Å². The average Bonchev–Trinajstić information content (AvgIpc) is 2.29. The fraction of sp³-hybridized carbons (Fsp3) is 0.833. The van der Waals surface area contributed by atoms with E-state index in [0.29, 0.717) is 19.8 Å². The van der Waals surface area contributed by atoms with Crippen molar-refractivity contribution in [3.63, 3.8) is 0 Å². The molecule has 1 radical (unpaired) electrons. The minimum Gasteiger partial charge on any atom is -0.371 e. The van der Waals surface area contributed by atoms with Gasteiger partial charge in [0.1, 0.15) is 0 Å². The summed E-state index contributed by atoms with van der Waals surface area (Å²) in [5.74, 6) is 0. The van der Waals surface area contributed by atoms with Gasteiger partial charge in [0.25, 0.3) is 10.5 Å². The van der Waals surface area contributed by atoms with E-state index in [1.807, 2.05) is 20.8 Å². The number of nitrogens with two attached hydrogens (primary N) is 2. The summed E-state index contributed by atoms with van der Waals surface area (Å²) in [6.45, 7) is 12.0. The first-order valence-electron chi connectivity index (χ1n) is 6.45. The van der Waals surface area contributed by atoms with Gasteiger partial charge in [0, 0.05) is 19.8 Å². The molecule has 0 aromatic carbocycles. The highest BCUT2D eigenvalue weighted by atomic mass is 32.1. The highest BCUT2D eigenvalue weighted by Crippen LogP contribution is 1.91. The van der Waals surface area contributed by atoms with Gasteiger partial charge in [-0.05, 0) is 20.8 Å². The Morgan fingerprint density at radius 1 is 0.818 bits per heavy atom. The molecule has 0 aromatic heterocycles. The highest BCUT2D eigenvalue weighted by Gasteiger charge is 2.15. The van der Waals surface area contributed by atoms with Crippen LogP contribution in [0.3, 0.4) is 0 Å². The molecule has 22 heavy (non-hydrogen) atoms. The van der Waals surface area contributed by atoms with Gasteiger partial charge in [-0.3, -0.25) is 9.59 Å². The van der Waals surface area contributed by atoms with Crippen LogP contribution in [0, 0.1) is 0 Å². The molecule has 0 aliphatic carbocycles. The van der Waals surface area contributed by atoms with Crippen LogP contribution in [-0.4, -0.2) is 39.8 Å². The Morgan fingerprint density at radius 2 is 0.955 bits per heavy atom. The van der Waals surface area contributed by atoms with Crippen molar-refractivity contribution in [1.29, 1.82) is 0 Å². The van der Waals surface area contributed by atoms with Crippen LogP contribution in [0.4, 0.5) is 9.59 Å². The fourth-order valence-corrected chi connectivity index (χ4v) is 1.44. The Labute approximate surface area is 148 Å². The number of carbonyl (C=O) groups excluding carboxylic acids is 2. The zero-order valence-electron chi connectivity index (χ0n) is 13.4. The molecule has 0 rings (SSSR count). The lowest BCUT2D eigenvalue weighted by Crippen LogP contribution is -2.27. The Kier molecular flexibility index (Phi) is 49.5. The van der Waals surface area contributed by atoms with Crippen LogP contribution >= 0.6 is 25.3 Å². The number of amides is 2. The van der Waals surface area contributed by atoms with E-state index in [1.54, 1.807) is 0 Å². The number of hydrogen-bond donors (Lipinski definition) is 4. The molecule has 0 saturated heterocycles. The number of rotatable bonds is 6. The third-order valence-electron chi connectivity index (χ3n) is 0.787. The van der Waals surface area contributed by atoms with Crippen LogP contribution in [0.2, 0.25) is 0 Å². The molecule has 0 aromatic rings. The second-order valence-electron chi connectivity index (χ2n) is 2.93. The van der Waals surface area contributed by atoms with E-state index in [4.69, 9.17) is 22.9 Å². The van der Waals surface area contributed by atoms with E-state index < -0.39 is 20.0 Å². The van der Waals surface area contributed by atoms with Gasteiger partial charge in [-0.2, -0.15) is 0 Å². The maximum absolute atomic E-state index is 9.09. The predicted molar refractivity (Wildman–Crippen MR) is 100 cm³/mol. The van der Waals surface area contributed by atoms with E-state index in [2.05, 4.69) is 50.6 Å². The van der Waals surface area contributed by atoms with E-state index in [-0.39, 0.29) is 7.43 Å². The minimum absolute atomic E-state index is 0. The van der Waals surface area contributed by atoms with Crippen molar-refractivity contribution in [3.8, 4) is 0 Å². The molecule has 0 aliphatic heterocycles. The second-order valence-corrected chi connectivity index (χ2v) is 5.18. The molecule has 0 saturated carbocycles. The summed E-state index contributed by atoms with van der Waals surface area (Å²) < 4.78 is 15.5. The molecule has 2 amide bonds. The SMILES string of the molecule is C.CCC.CCO[Si](OCC)OCC.NC(=O)S.NC(=O)S. The Hall–Kier alpha value is -0.263. The highest BCUT2D eigenvalue weighted by molar-refractivity contribution is 7.96. The lowest BCUT2D eigenvalue weighted by atomic mass is 10.6. The van der Waals surface area contributed by atoms with Gasteiger partial charge in [-0.1, -0.05) is 53.0 Å². The quantitative estimate of drug-likeness (QED) is 0.419. The van der Waals surface area contributed by atoms with E-state index in [0.717, 1.165) is 0 Å². The van der Waals surface area contributed by atoms with Crippen molar-refractivity contribution < 1.29 is 22.9 Å². The molecule has 0 fully saturated rings. The molecule has 0 spiro atoms. The maximum Gasteiger partial charge on any atom is 0.577 e. The summed E-state index contributed by atoms with van der Waals surface area (Å²) >= 11 is 6.21. The van der Waals surface area contributed by atoms with Crippen molar-refractivity contribution in [3.05, 3.63) is 0 Å². The molecule has 0 aliphatic rings. The molecular weight excluding hydrogens is 344 g/mol. The Morgan fingerprint density at radius 3 is 1.05 bits per heavy atom. The van der Waals surface area contributed by atoms with Crippen molar-refractivity contribution in [2.24, 2.45) is 11.5 Å². The third-order valence-corrected chi connectivity index (χ3v) is 2.36. The van der Waals surface area contributed by atoms with Gasteiger partial charge < -0.3 is 24.7 Å². The summed E-state index contributed by atoms with van der Waals surface area (Å²) in [5, 5.41) is -1.28. The largest absolute Gasteiger partial charge is 0.577 e. The van der Waals surface area contributed by atoms with Crippen LogP contribution in [0.1, 0.15) is 48.5 Å². The van der Waals surface area contributed by atoms with Crippen LogP contribution in [0.15, 0.2) is 0 Å². The number of primary amides is 2. The molecule has 7 nitrogen and oxygen atoms in total. The summed E-state index contributed by atoms with van der Waals surface area (Å²) in [7, 11) is -1.40. The summed E-state index contributed by atoms with van der Waals surface area (Å²) in [4.78, 5) is 18.2. The molecule has 0 bridgehead atoms. The molecule has 0 atom stereocenters. The number of hydrogen-bond acceptors (Lipinski definition) is 5. The van der Waals surface area contributed by atoms with E-state index in [9.17, 15) is 0 Å². The van der Waals surface area contributed by atoms with E-state index >= 15 is 0 Å². The van der Waals surface area contributed by atoms with Gasteiger partial charge >= 0.3 is 9.53 Å². The van der Waals surface area contributed by atoms with Crippen molar-refractivity contribution >= 4 is 45.3 Å². The maximum atomic E-state index is 9.09. The summed E-state index contributed by atoms with van der Waals surface area (Å²) in [6.07, 6.45) is 1.25. The van der Waals surface area contributed by atoms with Crippen LogP contribution < -0.4 is 11.5 Å². The zero-order chi connectivity index (χ0) is 17.7. The lowest BCUT2D eigenvalue weighted by molar-refractivity contribution is 0.107. The lowest BCUT2D eigenvalue weighted by Gasteiger charge is -2.10. The van der Waals surface area contributed by atoms with Gasteiger partial charge in [0.15, 0.2) is 0 Å². The first-order chi connectivity index (χ1) is 9.72. The van der Waals surface area contributed by atoms with Crippen LogP contribution in [0.5, 0.6) is 0 Å². The van der Waals surface area contributed by atoms with Crippen molar-refractivity contribution in [1.82, 2.24) is 0 Å². The average molecular weight is 378 g/mol. The summed E-state index contributed by atoms with van der Waals surface area (Å²) in [6, 6.07) is 0. The Balaban J connectivity index is -0.0000000674. The van der Waals surface area contributed by atoms with Crippen LogP contribution in [-0.2, 0) is 13.3 Å². The minimum atomic E-state index is -1.40. The monoisotopic (exact) mass is 377 g/mol. The smallest absolute Gasteiger partial charge is 0.371 e. The molecule has 4 N–H and O–H groups in total. The normalized spacial score (nSPS) is 8.00. The summed E-state index contributed by atoms with van der Waals surface area (Å²) in [5.41, 5.74) is 8.67. The first kappa shape index (κ1) is 33.4. The van der Waals surface area contributed by atoms with Gasteiger partial charge in [-0.25, -0.2) is 0 Å². The zero-order valence-corrected chi connectivity index (χ0v) is 16.2. The molecule has 0 unspecified atom stereocenters. The molecule has 137 valence electrons. The van der Waals surface area contributed by atoms with E-state index in [1.165, 1.54) is 6.42 Å². The van der Waals surface area contributed by atoms with Crippen molar-refractivity contribution in [2.75, 3.05) is 19.8 Å². The number of thiol groups is 2. The third kappa shape index (κ3) is 90.8. The molecule has 0 heterocycles. The Bertz CT molecular complexity index is 193. The molecule has 10 heteroatoms. The topological polar surface area (TPSA) is 114 Å². The standard InChI is InChI=1S/C6H15O3Si.C3H8.2CH3NOS.CH4/c1-4-7-10(8-5-2)9-6-3;1-3-2;2*2-1(3)4;/h4-6H2,1-3H3;3H2,1-2H3;2*(H3,2,3,4);1H4. The van der Waals surface area contributed by atoms with Gasteiger partial charge in [0.2, 0.25) is 0 Å². The van der Waals surface area contributed by atoms with Gasteiger partial charge in [-0.15, -0.1) is 0 Å². The van der Waals surface area contributed by atoms with Gasteiger partial charge in [0.05, 0.1) is 0 Å². The first-order valence-corrected chi connectivity index (χ1v) is 8.57. The van der Waals surface area contributed by atoms with Crippen LogP contribution in [0.25, 0.3) is 0 Å². The molecular formula is C12H33N2O5S2Si. The number of carbonyl (C=O) groups is 2. The second kappa shape index (κ2) is 32.6. The predicted octanol–water partition coefficient (Wildman–Crippen LogP) is 3.12.